The molecule has 3 N–H and O–H groups in total. The number of fused-ring (bicyclic) bond motifs is 5. The Balaban J connectivity index is 1.18. The molecule has 4 heterocycles. The monoisotopic (exact) mass is 494 g/mol. The van der Waals surface area contributed by atoms with Gasteiger partial charge in [-0.25, -0.2) is 13.6 Å². The number of hydrogen-bond acceptors (Lipinski definition) is 3. The van der Waals surface area contributed by atoms with Crippen molar-refractivity contribution in [3.8, 4) is 0 Å². The van der Waals surface area contributed by atoms with Gasteiger partial charge in [-0.15, -0.1) is 0 Å². The molecule has 2 aromatic heterocycles. The van der Waals surface area contributed by atoms with Crippen molar-refractivity contribution in [3.63, 3.8) is 0 Å². The summed E-state index contributed by atoms with van der Waals surface area (Å²) in [4.78, 5) is 12.4. The van der Waals surface area contributed by atoms with E-state index < -0.39 is 10.0 Å². The van der Waals surface area contributed by atoms with Crippen LogP contribution in [0.15, 0.2) is 78.0 Å². The molecular formula is C26H32N5O3S+3. The third-order valence-corrected chi connectivity index (χ3v) is 8.52. The highest BCUT2D eigenvalue weighted by atomic mass is 32.2. The summed E-state index contributed by atoms with van der Waals surface area (Å²) in [7, 11) is -3.74. The van der Waals surface area contributed by atoms with Crippen LogP contribution in [0.3, 0.4) is 0 Å². The van der Waals surface area contributed by atoms with Crippen LogP contribution in [0.1, 0.15) is 44.0 Å². The van der Waals surface area contributed by atoms with E-state index in [1.54, 1.807) is 12.1 Å². The molecule has 182 valence electrons. The number of hydrogen-bond donors (Lipinski definition) is 2. The molecule has 2 aliphatic heterocycles. The average molecular weight is 495 g/mol. The van der Waals surface area contributed by atoms with E-state index in [-0.39, 0.29) is 16.6 Å². The van der Waals surface area contributed by atoms with Gasteiger partial charge >= 0.3 is 5.79 Å². The molecule has 0 spiro atoms. The summed E-state index contributed by atoms with van der Waals surface area (Å²) in [5, 5.41) is 7.95. The number of nitrogens with zero attached hydrogens (tertiary/aromatic N) is 3. The lowest BCUT2D eigenvalue weighted by Crippen LogP contribution is -2.77. The highest BCUT2D eigenvalue weighted by Gasteiger charge is 2.74. The minimum Gasteiger partial charge on any atom is -0.326 e. The average Bonchev–Trinajstić information content (AvgIpc) is 3.22. The first-order valence-corrected chi connectivity index (χ1v) is 13.6. The number of rotatable bonds is 8. The Morgan fingerprint density at radius 2 is 1.54 bits per heavy atom. The molecule has 35 heavy (non-hydrogen) atoms. The van der Waals surface area contributed by atoms with Crippen molar-refractivity contribution < 1.29 is 26.8 Å². The van der Waals surface area contributed by atoms with Gasteiger partial charge in [0.05, 0.1) is 11.4 Å². The van der Waals surface area contributed by atoms with E-state index in [0.29, 0.717) is 12.1 Å². The topological polar surface area (TPSA) is 97.0 Å². The van der Waals surface area contributed by atoms with E-state index in [9.17, 15) is 13.2 Å². The van der Waals surface area contributed by atoms with E-state index in [0.717, 1.165) is 43.4 Å². The maximum Gasteiger partial charge on any atom is 0.489 e. The number of pyridine rings is 2. The number of unbranched alkanes of at least 4 members (excludes halogenated alkanes) is 2. The molecule has 0 bridgehead atoms. The van der Waals surface area contributed by atoms with Crippen molar-refractivity contribution in [3.05, 3.63) is 84.4 Å². The number of primary sulfonamides is 1. The predicted molar refractivity (Wildman–Crippen MR) is 130 cm³/mol. The molecule has 3 aromatic rings. The van der Waals surface area contributed by atoms with E-state index in [1.807, 2.05) is 0 Å². The van der Waals surface area contributed by atoms with Gasteiger partial charge in [0.25, 0.3) is 0 Å². The summed E-state index contributed by atoms with van der Waals surface area (Å²) >= 11 is 0. The fourth-order valence-electron chi connectivity index (χ4n) is 5.79. The number of nitrogens with one attached hydrogen (secondary N) is 1. The smallest absolute Gasteiger partial charge is 0.326 e. The number of carbonyl (C=O) groups excluding carboxylic acids is 1. The molecule has 9 heteroatoms. The number of sulfonamides is 1. The molecule has 0 aliphatic carbocycles. The molecule has 0 radical (unpaired) electrons. The zero-order valence-corrected chi connectivity index (χ0v) is 20.7. The highest BCUT2D eigenvalue weighted by molar-refractivity contribution is 7.89. The molecule has 0 unspecified atom stereocenters. The molecule has 5 rings (SSSR count). The molecule has 0 fully saturated rings. The van der Waals surface area contributed by atoms with Gasteiger partial charge in [0.15, 0.2) is 25.5 Å². The summed E-state index contributed by atoms with van der Waals surface area (Å²) in [6.45, 7) is 5.37. The normalized spacial score (nSPS) is 22.3. The molecule has 8 nitrogen and oxygen atoms in total. The Morgan fingerprint density at radius 1 is 0.943 bits per heavy atom. The molecule has 0 saturated heterocycles. The van der Waals surface area contributed by atoms with Crippen LogP contribution >= 0.6 is 0 Å². The molecule has 0 atom stereocenters. The minimum absolute atomic E-state index is 0.0273. The Hall–Kier alpha value is -3.14. The molecule has 1 aromatic carbocycles. The van der Waals surface area contributed by atoms with Crippen molar-refractivity contribution in [1.29, 1.82) is 0 Å². The third kappa shape index (κ3) is 4.13. The van der Waals surface area contributed by atoms with Gasteiger partial charge in [0.1, 0.15) is 6.92 Å². The van der Waals surface area contributed by atoms with Gasteiger partial charge in [0.2, 0.25) is 27.3 Å². The SMILES string of the molecule is CC12[n+]3ccccc3C[N+]1(CCCCCC(=O)Nc1ccc(S(N)(=O)=O)cc1)Cc1cccc[n+]12. The van der Waals surface area contributed by atoms with Gasteiger partial charge in [-0.2, -0.15) is 4.48 Å². The van der Waals surface area contributed by atoms with Crippen molar-refractivity contribution in [2.75, 3.05) is 11.9 Å². The Bertz CT molecular complexity index is 1320. The van der Waals surface area contributed by atoms with Crippen LogP contribution < -0.4 is 19.6 Å². The maximum absolute atomic E-state index is 12.4. The van der Waals surface area contributed by atoms with Gasteiger partial charge in [-0.1, -0.05) is 9.13 Å². The number of anilines is 1. The van der Waals surface area contributed by atoms with Gasteiger partial charge in [0, 0.05) is 36.4 Å². The molecule has 0 saturated carbocycles. The van der Waals surface area contributed by atoms with Crippen molar-refractivity contribution in [1.82, 2.24) is 0 Å². The Kier molecular flexibility index (Phi) is 5.94. The lowest BCUT2D eigenvalue weighted by atomic mass is 10.1. The highest BCUT2D eigenvalue weighted by Crippen LogP contribution is 2.38. The van der Waals surface area contributed by atoms with Crippen LogP contribution in [-0.4, -0.2) is 25.4 Å². The summed E-state index contributed by atoms with van der Waals surface area (Å²) in [6, 6.07) is 18.8. The van der Waals surface area contributed by atoms with E-state index in [2.05, 4.69) is 70.2 Å². The molecular weight excluding hydrogens is 462 g/mol. The van der Waals surface area contributed by atoms with Crippen LogP contribution in [0.2, 0.25) is 0 Å². The number of aromatic nitrogens is 2. The second kappa shape index (κ2) is 8.82. The second-order valence-electron chi connectivity index (χ2n) is 9.71. The number of nitrogens with two attached hydrogens (primary N) is 1. The summed E-state index contributed by atoms with van der Waals surface area (Å²) in [5.74, 6) is -0.258. The Morgan fingerprint density at radius 3 is 2.11 bits per heavy atom. The Labute approximate surface area is 206 Å². The van der Waals surface area contributed by atoms with E-state index >= 15 is 0 Å². The largest absolute Gasteiger partial charge is 0.489 e. The van der Waals surface area contributed by atoms with Crippen LogP contribution in [0.5, 0.6) is 0 Å². The standard InChI is InChI=1S/C26H31N5O3S/c1-26-29-16-6-4-9-22(29)19-31(26,20-23-10-5-7-17-30(23)26)18-8-2-3-11-25(32)28-21-12-14-24(15-13-21)35(27,33)34/h4-7,9-10,12-17H,2-3,8,11,18-20H2,1H3,(H2-,27,28,32,33,34)/q+2/p+1. The van der Waals surface area contributed by atoms with Gasteiger partial charge in [-0.3, -0.25) is 4.79 Å². The number of amides is 1. The van der Waals surface area contributed by atoms with Crippen molar-refractivity contribution in [2.45, 2.75) is 56.4 Å². The maximum atomic E-state index is 12.4. The zero-order valence-electron chi connectivity index (χ0n) is 19.9. The zero-order chi connectivity index (χ0) is 24.7. The van der Waals surface area contributed by atoms with Crippen LogP contribution in [-0.2, 0) is 33.7 Å². The molecule has 2 aliphatic rings. The quantitative estimate of drug-likeness (QED) is 0.285. The number of quaternary nitrogens is 1. The van der Waals surface area contributed by atoms with Crippen molar-refractivity contribution >= 4 is 21.6 Å². The summed E-state index contributed by atoms with van der Waals surface area (Å²) in [5.41, 5.74) is 3.27. The summed E-state index contributed by atoms with van der Waals surface area (Å²) in [6.07, 6.45) is 7.63. The van der Waals surface area contributed by atoms with Crippen LogP contribution in [0, 0.1) is 0 Å². The number of benzene rings is 1. The predicted octanol–water partition coefficient (Wildman–Crippen LogP) is 2.13. The van der Waals surface area contributed by atoms with Crippen LogP contribution in [0.4, 0.5) is 5.69 Å². The fourth-order valence-corrected chi connectivity index (χ4v) is 6.30. The summed E-state index contributed by atoms with van der Waals surface area (Å²) < 4.78 is 28.6. The minimum atomic E-state index is -3.74. The van der Waals surface area contributed by atoms with E-state index in [4.69, 9.17) is 5.14 Å². The first-order valence-electron chi connectivity index (χ1n) is 12.0. The second-order valence-corrected chi connectivity index (χ2v) is 11.3. The first kappa shape index (κ1) is 23.6. The van der Waals surface area contributed by atoms with Crippen molar-refractivity contribution in [2.24, 2.45) is 5.14 Å². The van der Waals surface area contributed by atoms with Gasteiger partial charge < -0.3 is 5.32 Å². The lowest BCUT2D eigenvalue weighted by molar-refractivity contribution is -1.20. The van der Waals surface area contributed by atoms with Gasteiger partial charge in [-0.05, 0) is 55.7 Å². The lowest BCUT2D eigenvalue weighted by Gasteiger charge is -2.30. The number of carbonyl (C=O) groups is 1. The van der Waals surface area contributed by atoms with Crippen LogP contribution in [0.25, 0.3) is 0 Å². The fraction of sp³-hybridized carbons (Fsp3) is 0.346. The first-order chi connectivity index (χ1) is 16.7. The third-order valence-electron chi connectivity index (χ3n) is 7.59. The van der Waals surface area contributed by atoms with E-state index in [1.165, 1.54) is 23.5 Å². The molecule has 1 amide bonds.